The highest BCUT2D eigenvalue weighted by Gasteiger charge is 2.29. The van der Waals surface area contributed by atoms with E-state index in [0.29, 0.717) is 18.4 Å². The van der Waals surface area contributed by atoms with Gasteiger partial charge in [0.15, 0.2) is 0 Å². The Bertz CT molecular complexity index is 456. The predicted octanol–water partition coefficient (Wildman–Crippen LogP) is 2.31. The molecule has 1 saturated carbocycles. The molecule has 2 aliphatic heterocycles. The third-order valence-electron chi connectivity index (χ3n) is 6.36. The average molecular weight is 350 g/mol. The summed E-state index contributed by atoms with van der Waals surface area (Å²) in [5, 5.41) is 6.35. The van der Waals surface area contributed by atoms with Crippen molar-refractivity contribution in [2.24, 2.45) is 17.8 Å². The van der Waals surface area contributed by atoms with Crippen molar-refractivity contribution in [3.8, 4) is 0 Å². The predicted molar refractivity (Wildman–Crippen MR) is 99.1 cm³/mol. The van der Waals surface area contributed by atoms with Crippen LogP contribution in [0.15, 0.2) is 0 Å². The molecule has 2 N–H and O–H groups in total. The number of piperidine rings is 1. The van der Waals surface area contributed by atoms with Gasteiger partial charge < -0.3 is 15.5 Å². The smallest absolute Gasteiger partial charge is 0.237 e. The van der Waals surface area contributed by atoms with E-state index in [4.69, 9.17) is 0 Å². The number of rotatable bonds is 6. The fourth-order valence-electron chi connectivity index (χ4n) is 4.87. The van der Waals surface area contributed by atoms with Crippen LogP contribution in [0.1, 0.15) is 64.7 Å². The van der Waals surface area contributed by atoms with Gasteiger partial charge in [0.1, 0.15) is 0 Å². The molecular formula is C20H35N3O2. The number of hydrogen-bond acceptors (Lipinski definition) is 3. The van der Waals surface area contributed by atoms with E-state index < -0.39 is 0 Å². The van der Waals surface area contributed by atoms with Crippen molar-refractivity contribution in [3.05, 3.63) is 0 Å². The van der Waals surface area contributed by atoms with E-state index in [-0.39, 0.29) is 17.9 Å². The number of likely N-dealkylation sites (tertiary alicyclic amines) is 1. The fourth-order valence-corrected chi connectivity index (χ4v) is 4.87. The summed E-state index contributed by atoms with van der Waals surface area (Å²) >= 11 is 0. The maximum absolute atomic E-state index is 12.8. The Morgan fingerprint density at radius 1 is 1.08 bits per heavy atom. The quantitative estimate of drug-likeness (QED) is 0.773. The molecule has 0 aromatic heterocycles. The minimum atomic E-state index is -0.00670. The van der Waals surface area contributed by atoms with E-state index >= 15 is 0 Å². The highest BCUT2D eigenvalue weighted by atomic mass is 16.2. The van der Waals surface area contributed by atoms with Crippen LogP contribution in [0.4, 0.5) is 0 Å². The molecule has 0 radical (unpaired) electrons. The Morgan fingerprint density at radius 3 is 2.56 bits per heavy atom. The Balaban J connectivity index is 1.41. The molecule has 1 aliphatic carbocycles. The lowest BCUT2D eigenvalue weighted by Crippen LogP contribution is -2.47. The monoisotopic (exact) mass is 349 g/mol. The van der Waals surface area contributed by atoms with Crippen molar-refractivity contribution in [1.29, 1.82) is 0 Å². The first-order valence-corrected chi connectivity index (χ1v) is 10.4. The minimum Gasteiger partial charge on any atom is -0.354 e. The molecular weight excluding hydrogens is 314 g/mol. The SMILES string of the molecule is CC(CC1CCCC1)C(=O)N1CCCC(CNC(=O)C2CCCN2)C1. The molecule has 2 saturated heterocycles. The van der Waals surface area contributed by atoms with Gasteiger partial charge in [-0.1, -0.05) is 32.6 Å². The molecule has 3 atom stereocenters. The maximum atomic E-state index is 12.8. The summed E-state index contributed by atoms with van der Waals surface area (Å²) in [5.74, 6) is 1.79. The second kappa shape index (κ2) is 9.02. The Hall–Kier alpha value is -1.10. The van der Waals surface area contributed by atoms with Crippen LogP contribution in [-0.2, 0) is 9.59 Å². The molecule has 5 nitrogen and oxygen atoms in total. The van der Waals surface area contributed by atoms with Crippen LogP contribution in [0.2, 0.25) is 0 Å². The van der Waals surface area contributed by atoms with E-state index in [0.717, 1.165) is 57.7 Å². The molecule has 2 amide bonds. The third kappa shape index (κ3) is 5.19. The van der Waals surface area contributed by atoms with Gasteiger partial charge in [0.2, 0.25) is 11.8 Å². The molecule has 5 heteroatoms. The van der Waals surface area contributed by atoms with Crippen LogP contribution in [0.3, 0.4) is 0 Å². The second-order valence-electron chi connectivity index (χ2n) is 8.47. The lowest BCUT2D eigenvalue weighted by molar-refractivity contribution is -0.137. The van der Waals surface area contributed by atoms with Crippen molar-refractivity contribution < 1.29 is 9.59 Å². The second-order valence-corrected chi connectivity index (χ2v) is 8.47. The molecule has 3 aliphatic rings. The standard InChI is InChI=1S/C20H35N3O2/c1-15(12-16-6-2-3-7-16)20(25)23-11-5-8-17(14-23)13-22-19(24)18-9-4-10-21-18/h15-18,21H,2-14H2,1H3,(H,22,24). The lowest BCUT2D eigenvalue weighted by Gasteiger charge is -2.35. The van der Waals surface area contributed by atoms with E-state index in [2.05, 4.69) is 22.5 Å². The molecule has 2 heterocycles. The van der Waals surface area contributed by atoms with Crippen molar-refractivity contribution in [3.63, 3.8) is 0 Å². The van der Waals surface area contributed by atoms with Crippen molar-refractivity contribution >= 4 is 11.8 Å². The molecule has 25 heavy (non-hydrogen) atoms. The minimum absolute atomic E-state index is 0.00670. The maximum Gasteiger partial charge on any atom is 0.237 e. The normalized spacial score (nSPS) is 28.9. The average Bonchev–Trinajstić information content (AvgIpc) is 3.33. The molecule has 142 valence electrons. The first-order valence-electron chi connectivity index (χ1n) is 10.4. The van der Waals surface area contributed by atoms with E-state index in [1.807, 2.05) is 0 Å². The van der Waals surface area contributed by atoms with Gasteiger partial charge in [0.05, 0.1) is 6.04 Å². The van der Waals surface area contributed by atoms with Crippen LogP contribution in [0, 0.1) is 17.8 Å². The number of carbonyl (C=O) groups excluding carboxylic acids is 2. The van der Waals surface area contributed by atoms with Crippen molar-refractivity contribution in [1.82, 2.24) is 15.5 Å². The summed E-state index contributed by atoms with van der Waals surface area (Å²) in [6, 6.07) is -0.00670. The highest BCUT2D eigenvalue weighted by Crippen LogP contribution is 2.31. The number of hydrogen-bond donors (Lipinski definition) is 2. The number of amides is 2. The molecule has 3 unspecified atom stereocenters. The Morgan fingerprint density at radius 2 is 1.84 bits per heavy atom. The van der Waals surface area contributed by atoms with Crippen molar-refractivity contribution in [2.75, 3.05) is 26.2 Å². The van der Waals surface area contributed by atoms with E-state index in [1.54, 1.807) is 0 Å². The number of nitrogens with one attached hydrogen (secondary N) is 2. The Kier molecular flexibility index (Phi) is 6.74. The summed E-state index contributed by atoms with van der Waals surface area (Å²) in [5.41, 5.74) is 0. The topological polar surface area (TPSA) is 61.4 Å². The van der Waals surface area contributed by atoms with Crippen LogP contribution in [0.25, 0.3) is 0 Å². The molecule has 3 rings (SSSR count). The van der Waals surface area contributed by atoms with Gasteiger partial charge in [-0.2, -0.15) is 0 Å². The van der Waals surface area contributed by atoms with Crippen molar-refractivity contribution in [2.45, 2.75) is 70.8 Å². The van der Waals surface area contributed by atoms with Gasteiger partial charge in [-0.15, -0.1) is 0 Å². The third-order valence-corrected chi connectivity index (χ3v) is 6.36. The summed E-state index contributed by atoms with van der Waals surface area (Å²) in [7, 11) is 0. The zero-order valence-electron chi connectivity index (χ0n) is 15.8. The van der Waals surface area contributed by atoms with E-state index in [1.165, 1.54) is 25.7 Å². The zero-order chi connectivity index (χ0) is 17.6. The first-order chi connectivity index (χ1) is 12.1. The molecule has 3 fully saturated rings. The van der Waals surface area contributed by atoms with Gasteiger partial charge in [-0.05, 0) is 50.5 Å². The van der Waals surface area contributed by atoms with Crippen LogP contribution in [0.5, 0.6) is 0 Å². The van der Waals surface area contributed by atoms with Crippen LogP contribution < -0.4 is 10.6 Å². The van der Waals surface area contributed by atoms with Gasteiger partial charge in [0, 0.05) is 25.6 Å². The van der Waals surface area contributed by atoms with Gasteiger partial charge in [-0.25, -0.2) is 0 Å². The molecule has 0 aromatic rings. The largest absolute Gasteiger partial charge is 0.354 e. The lowest BCUT2D eigenvalue weighted by atomic mass is 9.91. The molecule has 0 aromatic carbocycles. The Labute approximate surface area is 152 Å². The summed E-state index contributed by atoms with van der Waals surface area (Å²) < 4.78 is 0. The number of nitrogens with zero attached hydrogens (tertiary/aromatic N) is 1. The zero-order valence-corrected chi connectivity index (χ0v) is 15.8. The summed E-state index contributed by atoms with van der Waals surface area (Å²) in [6.45, 7) is 5.47. The molecule has 0 bridgehead atoms. The van der Waals surface area contributed by atoms with Gasteiger partial charge in [0.25, 0.3) is 0 Å². The van der Waals surface area contributed by atoms with Gasteiger partial charge in [-0.3, -0.25) is 9.59 Å². The number of carbonyl (C=O) groups is 2. The molecule has 0 spiro atoms. The fraction of sp³-hybridized carbons (Fsp3) is 0.900. The highest BCUT2D eigenvalue weighted by molar-refractivity contribution is 5.82. The summed E-state index contributed by atoms with van der Waals surface area (Å²) in [6.07, 6.45) is 10.6. The van der Waals surface area contributed by atoms with Crippen LogP contribution in [-0.4, -0.2) is 48.9 Å². The van der Waals surface area contributed by atoms with Gasteiger partial charge >= 0.3 is 0 Å². The summed E-state index contributed by atoms with van der Waals surface area (Å²) in [4.78, 5) is 27.0. The van der Waals surface area contributed by atoms with Crippen LogP contribution >= 0.6 is 0 Å². The van der Waals surface area contributed by atoms with E-state index in [9.17, 15) is 9.59 Å². The first kappa shape index (κ1) is 18.7.